The van der Waals surface area contributed by atoms with E-state index >= 15 is 0 Å². The zero-order valence-electron chi connectivity index (χ0n) is 19.6. The normalized spacial score (nSPS) is 19.9. The number of aromatic nitrogens is 1. The minimum absolute atomic E-state index is 0.0807. The number of ether oxygens (including phenoxy) is 2. The molecule has 1 aromatic rings. The Morgan fingerprint density at radius 2 is 1.84 bits per heavy atom. The molecule has 1 aliphatic heterocycles. The van der Waals surface area contributed by atoms with Gasteiger partial charge in [0.25, 0.3) is 0 Å². The smallest absolute Gasteiger partial charge is 0.408 e. The summed E-state index contributed by atoms with van der Waals surface area (Å²) in [5.41, 5.74) is -0.671. The maximum absolute atomic E-state index is 13.4. The number of likely N-dealkylation sites (tertiary alicyclic amines) is 1. The molecule has 0 unspecified atom stereocenters. The van der Waals surface area contributed by atoms with Gasteiger partial charge in [-0.2, -0.15) is 0 Å². The molecule has 0 aliphatic carbocycles. The molecule has 0 radical (unpaired) electrons. The molecule has 0 aromatic carbocycles. The summed E-state index contributed by atoms with van der Waals surface area (Å²) in [7, 11) is 0. The van der Waals surface area contributed by atoms with E-state index < -0.39 is 47.2 Å². The summed E-state index contributed by atoms with van der Waals surface area (Å²) in [6.45, 7) is 12.5. The minimum atomic E-state index is -1.12. The molecule has 0 spiro atoms. The first-order valence-electron chi connectivity index (χ1n) is 10.4. The van der Waals surface area contributed by atoms with Gasteiger partial charge < -0.3 is 24.8 Å². The van der Waals surface area contributed by atoms with Gasteiger partial charge in [-0.25, -0.2) is 14.6 Å². The van der Waals surface area contributed by atoms with Gasteiger partial charge in [-0.05, 0) is 49.0 Å². The monoisotopic (exact) mass is 513 g/mol. The van der Waals surface area contributed by atoms with Gasteiger partial charge in [0.05, 0.1) is 6.54 Å². The predicted molar refractivity (Wildman–Crippen MR) is 121 cm³/mol. The lowest BCUT2D eigenvalue weighted by Gasteiger charge is -2.35. The molecule has 1 saturated heterocycles. The zero-order chi connectivity index (χ0) is 24.4. The number of aryl methyl sites for hydroxylation is 1. The number of carbonyl (C=O) groups is 3. The van der Waals surface area contributed by atoms with E-state index in [4.69, 9.17) is 9.47 Å². The van der Waals surface area contributed by atoms with Crippen LogP contribution in [0.5, 0.6) is 5.75 Å². The summed E-state index contributed by atoms with van der Waals surface area (Å²) in [4.78, 5) is 43.2. The van der Waals surface area contributed by atoms with E-state index in [1.807, 2.05) is 6.92 Å². The molecule has 2 amide bonds. The van der Waals surface area contributed by atoms with Crippen molar-refractivity contribution < 1.29 is 29.0 Å². The van der Waals surface area contributed by atoms with Gasteiger partial charge in [0.2, 0.25) is 5.91 Å². The molecule has 2 heterocycles. The van der Waals surface area contributed by atoms with Crippen molar-refractivity contribution in [2.24, 2.45) is 5.41 Å². The highest BCUT2D eigenvalue weighted by Gasteiger charge is 2.46. The van der Waals surface area contributed by atoms with Crippen molar-refractivity contribution in [2.75, 3.05) is 6.54 Å². The number of hydrogen-bond acceptors (Lipinski definition) is 6. The lowest BCUT2D eigenvalue weighted by atomic mass is 9.85. The van der Waals surface area contributed by atoms with E-state index in [0.717, 1.165) is 5.69 Å². The van der Waals surface area contributed by atoms with Crippen molar-refractivity contribution >= 4 is 33.9 Å². The number of aliphatic carboxylic acids is 1. The Hall–Kier alpha value is -2.36. The van der Waals surface area contributed by atoms with Crippen molar-refractivity contribution in [1.29, 1.82) is 0 Å². The number of hydrogen-bond donors (Lipinski definition) is 2. The highest BCUT2D eigenvalue weighted by atomic mass is 79.9. The van der Waals surface area contributed by atoms with Gasteiger partial charge in [0.15, 0.2) is 0 Å². The maximum atomic E-state index is 13.4. The summed E-state index contributed by atoms with van der Waals surface area (Å²) in [5.74, 6) is -1.08. The molecule has 10 heteroatoms. The second-order valence-corrected chi connectivity index (χ2v) is 10.8. The Balaban J connectivity index is 2.23. The Bertz CT molecular complexity index is 857. The number of carbonyl (C=O) groups excluding carboxylic acids is 2. The second kappa shape index (κ2) is 9.64. The van der Waals surface area contributed by atoms with Crippen molar-refractivity contribution in [3.63, 3.8) is 0 Å². The number of amides is 2. The molecule has 1 aliphatic rings. The van der Waals surface area contributed by atoms with Crippen LogP contribution in [0.4, 0.5) is 4.79 Å². The lowest BCUT2D eigenvalue weighted by Crippen LogP contribution is -2.57. The second-order valence-electron chi connectivity index (χ2n) is 10.0. The standard InChI is InChI=1S/C22H32BrN3O6/c1-12-8-13(10-16(23)24-12)31-14-9-15(19(28)29)26(11-14)18(27)17(21(2,3)4)25-20(30)32-22(5,6)7/h8,10,14-15,17H,9,11H2,1-7H3,(H,25,30)(H,28,29)/t14-,15+,17-/m1/s1. The van der Waals surface area contributed by atoms with E-state index in [-0.39, 0.29) is 13.0 Å². The number of nitrogens with one attached hydrogen (secondary N) is 1. The highest BCUT2D eigenvalue weighted by molar-refractivity contribution is 9.10. The minimum Gasteiger partial charge on any atom is -0.488 e. The SMILES string of the molecule is Cc1cc(O[C@@H]2C[C@@H](C(=O)O)N(C(=O)[C@@H](NC(=O)OC(C)(C)C)C(C)(C)C)C2)cc(Br)n1. The van der Waals surface area contributed by atoms with E-state index in [0.29, 0.717) is 10.4 Å². The van der Waals surface area contributed by atoms with Crippen molar-refractivity contribution in [1.82, 2.24) is 15.2 Å². The zero-order valence-corrected chi connectivity index (χ0v) is 21.1. The largest absolute Gasteiger partial charge is 0.488 e. The molecule has 1 fully saturated rings. The first-order valence-corrected chi connectivity index (χ1v) is 11.2. The van der Waals surface area contributed by atoms with Gasteiger partial charge in [-0.3, -0.25) is 4.79 Å². The summed E-state index contributed by atoms with van der Waals surface area (Å²) in [6, 6.07) is 1.39. The van der Waals surface area contributed by atoms with Gasteiger partial charge in [0, 0.05) is 24.2 Å². The molecular weight excluding hydrogens is 482 g/mol. The average molecular weight is 514 g/mol. The van der Waals surface area contributed by atoms with Gasteiger partial charge >= 0.3 is 12.1 Å². The van der Waals surface area contributed by atoms with Crippen LogP contribution in [0.2, 0.25) is 0 Å². The predicted octanol–water partition coefficient (Wildman–Crippen LogP) is 3.52. The van der Waals surface area contributed by atoms with Crippen LogP contribution in [-0.2, 0) is 14.3 Å². The molecular formula is C22H32BrN3O6. The van der Waals surface area contributed by atoms with Crippen LogP contribution in [-0.4, -0.2) is 63.3 Å². The van der Waals surface area contributed by atoms with E-state index in [1.165, 1.54) is 4.90 Å². The lowest BCUT2D eigenvalue weighted by molar-refractivity contribution is -0.150. The molecule has 2 rings (SSSR count). The number of pyridine rings is 1. The molecule has 0 saturated carbocycles. The van der Waals surface area contributed by atoms with E-state index in [1.54, 1.807) is 53.7 Å². The van der Waals surface area contributed by atoms with Crippen LogP contribution < -0.4 is 10.1 Å². The Morgan fingerprint density at radius 3 is 2.34 bits per heavy atom. The van der Waals surface area contributed by atoms with Crippen LogP contribution in [0, 0.1) is 12.3 Å². The quantitative estimate of drug-likeness (QED) is 0.578. The maximum Gasteiger partial charge on any atom is 0.408 e. The van der Waals surface area contributed by atoms with Gasteiger partial charge in [0.1, 0.15) is 34.1 Å². The highest BCUT2D eigenvalue weighted by Crippen LogP contribution is 2.29. The van der Waals surface area contributed by atoms with Crippen LogP contribution in [0.15, 0.2) is 16.7 Å². The van der Waals surface area contributed by atoms with Crippen LogP contribution >= 0.6 is 15.9 Å². The topological polar surface area (TPSA) is 118 Å². The molecule has 9 nitrogen and oxygen atoms in total. The summed E-state index contributed by atoms with van der Waals surface area (Å²) in [5, 5.41) is 12.4. The summed E-state index contributed by atoms with van der Waals surface area (Å²) < 4.78 is 11.9. The third kappa shape index (κ3) is 7.08. The van der Waals surface area contributed by atoms with Crippen molar-refractivity contribution in [3.8, 4) is 5.75 Å². The summed E-state index contributed by atoms with van der Waals surface area (Å²) >= 11 is 3.32. The third-order valence-electron chi connectivity index (χ3n) is 4.80. The van der Waals surface area contributed by atoms with Crippen LogP contribution in [0.3, 0.4) is 0 Å². The number of rotatable bonds is 5. The fourth-order valence-corrected chi connectivity index (χ4v) is 3.96. The molecule has 2 N–H and O–H groups in total. The number of carboxylic acid groups (broad SMARTS) is 1. The number of alkyl carbamates (subject to hydrolysis) is 1. The Morgan fingerprint density at radius 1 is 1.22 bits per heavy atom. The van der Waals surface area contributed by atoms with Gasteiger partial charge in [-0.15, -0.1) is 0 Å². The third-order valence-corrected chi connectivity index (χ3v) is 5.21. The number of carboxylic acids is 1. The van der Waals surface area contributed by atoms with E-state index in [2.05, 4.69) is 26.2 Å². The molecule has 178 valence electrons. The molecule has 1 aromatic heterocycles. The van der Waals surface area contributed by atoms with Crippen LogP contribution in [0.1, 0.15) is 53.7 Å². The fourth-order valence-electron chi connectivity index (χ4n) is 3.46. The Kier molecular flexibility index (Phi) is 7.80. The first kappa shape index (κ1) is 25.9. The number of nitrogens with zero attached hydrogens (tertiary/aromatic N) is 2. The average Bonchev–Trinajstić information content (AvgIpc) is 2.99. The first-order chi connectivity index (χ1) is 14.6. The molecule has 0 bridgehead atoms. The molecule has 3 atom stereocenters. The van der Waals surface area contributed by atoms with Gasteiger partial charge in [-0.1, -0.05) is 20.8 Å². The molecule has 32 heavy (non-hydrogen) atoms. The van der Waals surface area contributed by atoms with Crippen molar-refractivity contribution in [3.05, 3.63) is 22.4 Å². The van der Waals surface area contributed by atoms with E-state index in [9.17, 15) is 19.5 Å². The Labute approximate surface area is 197 Å². The van der Waals surface area contributed by atoms with Crippen LogP contribution in [0.25, 0.3) is 0 Å². The number of halogens is 1. The summed E-state index contributed by atoms with van der Waals surface area (Å²) in [6.07, 6.45) is -1.12. The fraction of sp³-hybridized carbons (Fsp3) is 0.636. The van der Waals surface area contributed by atoms with Crippen molar-refractivity contribution in [2.45, 2.75) is 78.7 Å².